The summed E-state index contributed by atoms with van der Waals surface area (Å²) in [5, 5.41) is 0. The van der Waals surface area contributed by atoms with Crippen LogP contribution in [0, 0.1) is 0 Å². The molecule has 0 radical (unpaired) electrons. The summed E-state index contributed by atoms with van der Waals surface area (Å²) in [5.41, 5.74) is 0.662. The summed E-state index contributed by atoms with van der Waals surface area (Å²) in [6, 6.07) is 12.2. The molecule has 0 heterocycles. The summed E-state index contributed by atoms with van der Waals surface area (Å²) in [4.78, 5) is 0.181. The van der Waals surface area contributed by atoms with E-state index in [1.165, 1.54) is 35.6 Å². The monoisotopic (exact) mass is 405 g/mol. The summed E-state index contributed by atoms with van der Waals surface area (Å²) in [6.07, 6.45) is 0. The molecule has 0 aliphatic heterocycles. The summed E-state index contributed by atoms with van der Waals surface area (Å²) in [7, 11) is -2.16. The molecule has 8 heteroatoms. The molecule has 0 spiro atoms. The fourth-order valence-electron chi connectivity index (χ4n) is 1.90. The molecule has 0 saturated carbocycles. The normalized spacial score (nSPS) is 11.9. The Morgan fingerprint density at radius 2 is 1.65 bits per heavy atom. The minimum absolute atomic E-state index is 0.0298. The molecule has 0 atom stereocenters. The van der Waals surface area contributed by atoms with Crippen molar-refractivity contribution in [1.29, 1.82) is 0 Å². The van der Waals surface area contributed by atoms with Crippen molar-refractivity contribution in [1.82, 2.24) is 4.31 Å². The first-order valence-corrected chi connectivity index (χ1v) is 8.78. The quantitative estimate of drug-likeness (QED) is 0.732. The highest BCUT2D eigenvalue weighted by molar-refractivity contribution is 9.10. The third-order valence-corrected chi connectivity index (χ3v) is 5.42. The lowest BCUT2D eigenvalue weighted by Crippen LogP contribution is -2.26. The van der Waals surface area contributed by atoms with Gasteiger partial charge in [-0.1, -0.05) is 28.1 Å². The number of hydrogen-bond acceptors (Lipinski definition) is 3. The summed E-state index contributed by atoms with van der Waals surface area (Å²) >= 11 is 3.25. The van der Waals surface area contributed by atoms with E-state index in [9.17, 15) is 17.2 Å². The van der Waals surface area contributed by atoms with Crippen molar-refractivity contribution in [3.63, 3.8) is 0 Å². The zero-order valence-electron chi connectivity index (χ0n) is 12.1. The van der Waals surface area contributed by atoms with Gasteiger partial charge in [0.15, 0.2) is 0 Å². The second-order valence-electron chi connectivity index (χ2n) is 4.74. The Morgan fingerprint density at radius 1 is 1.09 bits per heavy atom. The average Bonchev–Trinajstić information content (AvgIpc) is 2.49. The number of alkyl halides is 2. The third kappa shape index (κ3) is 4.73. The Morgan fingerprint density at radius 3 is 2.17 bits per heavy atom. The Balaban J connectivity index is 2.11. The second-order valence-corrected chi connectivity index (χ2v) is 7.70. The van der Waals surface area contributed by atoms with Crippen LogP contribution in [-0.4, -0.2) is 26.4 Å². The predicted molar refractivity (Wildman–Crippen MR) is 85.9 cm³/mol. The van der Waals surface area contributed by atoms with E-state index in [2.05, 4.69) is 20.7 Å². The number of rotatable bonds is 6. The molecule has 2 rings (SSSR count). The first kappa shape index (κ1) is 17.8. The molecule has 2 aromatic rings. The van der Waals surface area contributed by atoms with Gasteiger partial charge < -0.3 is 4.74 Å². The molecule has 0 aliphatic carbocycles. The van der Waals surface area contributed by atoms with E-state index in [0.29, 0.717) is 5.56 Å². The van der Waals surface area contributed by atoms with Gasteiger partial charge in [-0.05, 0) is 42.0 Å². The molecular weight excluding hydrogens is 392 g/mol. The highest BCUT2D eigenvalue weighted by Crippen LogP contribution is 2.21. The Kier molecular flexibility index (Phi) is 5.72. The van der Waals surface area contributed by atoms with Crippen molar-refractivity contribution in [2.45, 2.75) is 18.1 Å². The minimum atomic E-state index is -3.62. The van der Waals surface area contributed by atoms with Gasteiger partial charge in [0.2, 0.25) is 10.0 Å². The van der Waals surface area contributed by atoms with Gasteiger partial charge in [0.1, 0.15) is 5.75 Å². The highest BCUT2D eigenvalue weighted by Gasteiger charge is 2.20. The standard InChI is InChI=1S/C15H14BrF2NO3S/c1-19(23(20,21)14-8-4-12(16)5-9-14)10-11-2-6-13(7-3-11)22-15(17)18/h2-9,15H,10H2,1H3. The predicted octanol–water partition coefficient (Wildman–Crippen LogP) is 3.87. The van der Waals surface area contributed by atoms with Crippen LogP contribution in [0.1, 0.15) is 5.56 Å². The molecule has 0 saturated heterocycles. The maximum absolute atomic E-state index is 12.4. The van der Waals surface area contributed by atoms with E-state index in [1.54, 1.807) is 24.3 Å². The van der Waals surface area contributed by atoms with Crippen LogP contribution < -0.4 is 4.74 Å². The van der Waals surface area contributed by atoms with Gasteiger partial charge in [-0.3, -0.25) is 0 Å². The van der Waals surface area contributed by atoms with Crippen molar-refractivity contribution in [2.24, 2.45) is 0 Å². The third-order valence-electron chi connectivity index (χ3n) is 3.08. The van der Waals surface area contributed by atoms with Crippen molar-refractivity contribution < 1.29 is 21.9 Å². The number of ether oxygens (including phenoxy) is 1. The smallest absolute Gasteiger partial charge is 0.387 e. The van der Waals surface area contributed by atoms with E-state index in [1.807, 2.05) is 0 Å². The maximum atomic E-state index is 12.4. The number of halogens is 3. The van der Waals surface area contributed by atoms with Gasteiger partial charge in [0.25, 0.3) is 0 Å². The molecule has 0 aromatic heterocycles. The van der Waals surface area contributed by atoms with Crippen LogP contribution in [0.3, 0.4) is 0 Å². The largest absolute Gasteiger partial charge is 0.435 e. The Labute approximate surface area is 141 Å². The van der Waals surface area contributed by atoms with Crippen molar-refractivity contribution in [3.8, 4) is 5.75 Å². The fourth-order valence-corrected chi connectivity index (χ4v) is 3.33. The molecule has 0 aliphatic rings. The first-order valence-electron chi connectivity index (χ1n) is 6.55. The molecule has 0 unspecified atom stereocenters. The minimum Gasteiger partial charge on any atom is -0.435 e. The molecule has 2 aromatic carbocycles. The van der Waals surface area contributed by atoms with Gasteiger partial charge in [-0.2, -0.15) is 13.1 Å². The average molecular weight is 406 g/mol. The van der Waals surface area contributed by atoms with Crippen molar-refractivity contribution in [2.75, 3.05) is 7.05 Å². The van der Waals surface area contributed by atoms with Crippen LogP contribution >= 0.6 is 15.9 Å². The van der Waals surface area contributed by atoms with E-state index in [0.717, 1.165) is 4.47 Å². The molecule has 124 valence electrons. The van der Waals surface area contributed by atoms with Gasteiger partial charge in [-0.25, -0.2) is 8.42 Å². The maximum Gasteiger partial charge on any atom is 0.387 e. The lowest BCUT2D eigenvalue weighted by molar-refractivity contribution is -0.0498. The van der Waals surface area contributed by atoms with Crippen LogP contribution in [0.25, 0.3) is 0 Å². The van der Waals surface area contributed by atoms with Gasteiger partial charge in [0, 0.05) is 18.1 Å². The van der Waals surface area contributed by atoms with Crippen molar-refractivity contribution >= 4 is 26.0 Å². The number of sulfonamides is 1. The molecular formula is C15H14BrF2NO3S. The first-order chi connectivity index (χ1) is 10.8. The van der Waals surface area contributed by atoms with E-state index < -0.39 is 16.6 Å². The molecule has 0 bridgehead atoms. The van der Waals surface area contributed by atoms with E-state index >= 15 is 0 Å². The van der Waals surface area contributed by atoms with Crippen LogP contribution in [0.4, 0.5) is 8.78 Å². The van der Waals surface area contributed by atoms with Crippen LogP contribution in [-0.2, 0) is 16.6 Å². The Hall–Kier alpha value is -1.51. The molecule has 0 fully saturated rings. The molecule has 0 N–H and O–H groups in total. The lowest BCUT2D eigenvalue weighted by atomic mass is 10.2. The van der Waals surface area contributed by atoms with Crippen LogP contribution in [0.2, 0.25) is 0 Å². The molecule has 0 amide bonds. The zero-order valence-corrected chi connectivity index (χ0v) is 14.5. The highest BCUT2D eigenvalue weighted by atomic mass is 79.9. The van der Waals surface area contributed by atoms with Gasteiger partial charge in [-0.15, -0.1) is 0 Å². The summed E-state index contributed by atoms with van der Waals surface area (Å²) in [5.74, 6) is 0.0298. The van der Waals surface area contributed by atoms with Crippen LogP contribution in [0.5, 0.6) is 5.75 Å². The van der Waals surface area contributed by atoms with Crippen LogP contribution in [0.15, 0.2) is 57.9 Å². The Bertz CT molecular complexity index is 749. The zero-order chi connectivity index (χ0) is 17.0. The molecule has 23 heavy (non-hydrogen) atoms. The summed E-state index contributed by atoms with van der Waals surface area (Å²) in [6.45, 7) is -2.77. The second kappa shape index (κ2) is 7.37. The fraction of sp³-hybridized carbons (Fsp3) is 0.200. The van der Waals surface area contributed by atoms with Gasteiger partial charge in [0.05, 0.1) is 4.90 Å². The SMILES string of the molecule is CN(Cc1ccc(OC(F)F)cc1)S(=O)(=O)c1ccc(Br)cc1. The van der Waals surface area contributed by atoms with Gasteiger partial charge >= 0.3 is 6.61 Å². The number of nitrogens with zero attached hydrogens (tertiary/aromatic N) is 1. The topological polar surface area (TPSA) is 46.6 Å². The van der Waals surface area contributed by atoms with Crippen molar-refractivity contribution in [3.05, 3.63) is 58.6 Å². The number of benzene rings is 2. The van der Waals surface area contributed by atoms with E-state index in [-0.39, 0.29) is 17.2 Å². The van der Waals surface area contributed by atoms with E-state index in [4.69, 9.17) is 0 Å². The summed E-state index contributed by atoms with van der Waals surface area (Å²) < 4.78 is 55.3. The lowest BCUT2D eigenvalue weighted by Gasteiger charge is -2.17. The number of hydrogen-bond donors (Lipinski definition) is 0. The molecule has 4 nitrogen and oxygen atoms in total.